The summed E-state index contributed by atoms with van der Waals surface area (Å²) in [5.41, 5.74) is 7.34. The van der Waals surface area contributed by atoms with Gasteiger partial charge in [0.05, 0.1) is 7.92 Å². The molecule has 17 heteroatoms. The second-order valence-corrected chi connectivity index (χ2v) is 43.5. The molecule has 0 aliphatic heterocycles. The molecule has 3 radical (unpaired) electrons. The summed E-state index contributed by atoms with van der Waals surface area (Å²) in [4.78, 5) is 0. The fourth-order valence-corrected chi connectivity index (χ4v) is 18.6. The molecule has 0 heterocycles. The van der Waals surface area contributed by atoms with Crippen LogP contribution in [0, 0.1) is 34.6 Å². The van der Waals surface area contributed by atoms with Gasteiger partial charge < -0.3 is 104 Å². The van der Waals surface area contributed by atoms with E-state index in [0.29, 0.717) is 0 Å². The van der Waals surface area contributed by atoms with Gasteiger partial charge in [0.15, 0.2) is 0 Å². The van der Waals surface area contributed by atoms with Crippen molar-refractivity contribution in [2.75, 3.05) is 0 Å². The van der Waals surface area contributed by atoms with Gasteiger partial charge in [0, 0.05) is 114 Å². The second kappa shape index (κ2) is 36.7. The molecule has 0 saturated heterocycles. The van der Waals surface area contributed by atoms with E-state index in [9.17, 15) is 0 Å². The monoisotopic (exact) mass is 1670 g/mol. The van der Waals surface area contributed by atoms with Gasteiger partial charge >= 0.3 is 0 Å². The Kier molecular flexibility index (Phi) is 48.5. The average molecular weight is 1670 g/mol. The zero-order valence-electron chi connectivity index (χ0n) is 39.0. The van der Waals surface area contributed by atoms with Gasteiger partial charge in [-0.1, -0.05) is 168 Å². The van der Waals surface area contributed by atoms with Gasteiger partial charge in [-0.05, 0) is 36.4 Å². The molecule has 0 aromatic heterocycles. The molecule has 0 nitrogen and oxygen atoms in total. The Balaban J connectivity index is -0.000000101. The molecule has 4 rings (SSSR count). The molecule has 0 fully saturated rings. The largest absolute Gasteiger partial charge is 0.813 e. The quantitative estimate of drug-likeness (QED) is 0.0583. The fraction of sp³-hybridized carbons (Fsp3) is 0.386. The van der Waals surface area contributed by atoms with Gasteiger partial charge in [-0.3, -0.25) is 0 Å². The second-order valence-electron chi connectivity index (χ2n) is 17.9. The maximum Gasteiger partial charge on any atom is 0.102 e. The van der Waals surface area contributed by atoms with E-state index in [1.54, 1.807) is 0 Å². The van der Waals surface area contributed by atoms with Gasteiger partial charge in [-0.2, -0.15) is 27.8 Å². The zero-order valence-corrected chi connectivity index (χ0v) is 60.2. The summed E-state index contributed by atoms with van der Waals surface area (Å²) in [6.45, 7) is 38.2. The van der Waals surface area contributed by atoms with Crippen LogP contribution in [-0.4, -0.2) is 32.3 Å². The van der Waals surface area contributed by atoms with Crippen LogP contribution in [-0.2, 0) is 186 Å². The molecule has 0 spiro atoms. The summed E-state index contributed by atoms with van der Waals surface area (Å²) in [7, 11) is -6.11. The fourth-order valence-electron chi connectivity index (χ4n) is 5.08. The SMILES string of the molecule is C[Si](C)(C)C([S-])=C([S-])[Si](C)(C)C.C[Si](C)(C)C([S-])=C([S-])[Si](C)(C)C.Cc1c(C)c(C)[c-](C)c1C.[Ir].[Pd].[Re].[Re].[SH-].[SH-].[SH-].[SH-].c1ccc([PH+](c2ccccc2)c2ccccc2)cc1. The zero-order chi connectivity index (χ0) is 41.1. The topological polar surface area (TPSA) is 0 Å². The van der Waals surface area contributed by atoms with Gasteiger partial charge in [0.1, 0.15) is 15.9 Å². The first-order valence-electron chi connectivity index (χ1n) is 18.5. The van der Waals surface area contributed by atoms with E-state index in [4.69, 9.17) is 50.5 Å². The first-order valence-corrected chi connectivity index (χ1v) is 35.7. The Labute approximate surface area is 485 Å². The normalized spacial score (nSPS) is 11.2. The van der Waals surface area contributed by atoms with Crippen LogP contribution in [0.5, 0.6) is 0 Å². The van der Waals surface area contributed by atoms with Crippen LogP contribution in [0.25, 0.3) is 0 Å². The van der Waals surface area contributed by atoms with Crippen molar-refractivity contribution in [3.8, 4) is 0 Å². The molecule has 0 N–H and O–H groups in total. The van der Waals surface area contributed by atoms with Gasteiger partial charge in [0.2, 0.25) is 0 Å². The van der Waals surface area contributed by atoms with E-state index in [1.807, 2.05) is 0 Å². The third kappa shape index (κ3) is 28.1. The minimum Gasteiger partial charge on any atom is -0.813 e. The molecule has 0 saturated carbocycles. The van der Waals surface area contributed by atoms with Gasteiger partial charge in [-0.15, -0.1) is 0 Å². The molecule has 357 valence electrons. The summed E-state index contributed by atoms with van der Waals surface area (Å²) in [5.74, 6) is 0. The smallest absolute Gasteiger partial charge is 0.102 e. The summed E-state index contributed by atoms with van der Waals surface area (Å²) in [5, 5.41) is 4.31. The molecule has 0 unspecified atom stereocenters. The van der Waals surface area contributed by atoms with E-state index < -0.39 is 40.2 Å². The third-order valence-corrected chi connectivity index (χ3v) is 28.0. The van der Waals surface area contributed by atoms with Crippen LogP contribution < -0.4 is 15.9 Å². The Morgan fingerprint density at radius 1 is 0.410 bits per heavy atom. The van der Waals surface area contributed by atoms with Crippen molar-refractivity contribution in [1.29, 1.82) is 0 Å². The molecule has 0 bridgehead atoms. The number of thiol groups is 4. The number of hydrogen-bond acceptors (Lipinski definition) is 8. The molecular formula is C44H71IrPPdRe2S8Si4-8. The first kappa shape index (κ1) is 80.7. The van der Waals surface area contributed by atoms with Crippen molar-refractivity contribution in [2.45, 2.75) is 113 Å². The summed E-state index contributed by atoms with van der Waals surface area (Å²) >= 11 is 21.7. The van der Waals surface area contributed by atoms with Crippen molar-refractivity contribution >= 4 is 161 Å². The molecule has 0 aliphatic rings. The van der Waals surface area contributed by atoms with E-state index in [-0.39, 0.29) is 135 Å². The van der Waals surface area contributed by atoms with Crippen molar-refractivity contribution in [3.05, 3.63) is 137 Å². The summed E-state index contributed by atoms with van der Waals surface area (Å²) in [6, 6.07) is 32.5. The van der Waals surface area contributed by atoms with Crippen molar-refractivity contribution in [2.24, 2.45) is 0 Å². The van der Waals surface area contributed by atoms with Crippen molar-refractivity contribution in [1.82, 2.24) is 0 Å². The molecule has 0 aliphatic carbocycles. The van der Waals surface area contributed by atoms with Crippen LogP contribution in [0.4, 0.5) is 0 Å². The summed E-state index contributed by atoms with van der Waals surface area (Å²) in [6.07, 6.45) is 0. The number of hydrogen-bond donors (Lipinski definition) is 0. The van der Waals surface area contributed by atoms with Crippen LogP contribution in [0.1, 0.15) is 27.8 Å². The van der Waals surface area contributed by atoms with Crippen LogP contribution in [0.3, 0.4) is 0 Å². The minimum absolute atomic E-state index is 0. The standard InChI is InChI=1S/C18H15P.C10H15.2C8H20S2Si2.Ir.Pd.2Re.4H2S/c1-4-10-16(11-5-1)19(17-12-6-2-7-13-17)18-14-8-3-9-15-18;1-6-7(2)9(4)10(5)8(6)3;2*1-11(2,3)7(9)8(10)12(4,5)6;;;;;;;;/h1-15H;1-5H3;2*9-10H,1-6H3;;;;;4*1H2/q;-1;;;;;;;;;;/p-7. The third-order valence-electron chi connectivity index (χ3n) is 9.14. The first-order chi connectivity index (χ1) is 24.1. The van der Waals surface area contributed by atoms with Gasteiger partial charge in [-0.25, -0.2) is 18.1 Å². The van der Waals surface area contributed by atoms with Crippen LogP contribution in [0.15, 0.2) is 109 Å². The molecule has 61 heavy (non-hydrogen) atoms. The van der Waals surface area contributed by atoms with Crippen molar-refractivity contribution in [3.63, 3.8) is 0 Å². The Morgan fingerprint density at radius 3 is 0.689 bits per heavy atom. The predicted octanol–water partition coefficient (Wildman–Crippen LogP) is 11.1. The predicted molar refractivity (Wildman–Crippen MR) is 304 cm³/mol. The summed E-state index contributed by atoms with van der Waals surface area (Å²) < 4.78 is 4.49. The molecule has 0 amide bonds. The van der Waals surface area contributed by atoms with Gasteiger partial charge in [0.25, 0.3) is 0 Å². The van der Waals surface area contributed by atoms with Crippen LogP contribution in [0.2, 0.25) is 78.6 Å². The van der Waals surface area contributed by atoms with E-state index >= 15 is 0 Å². The maximum absolute atomic E-state index is 5.42. The van der Waals surface area contributed by atoms with E-state index in [2.05, 4.69) is 204 Å². The molecule has 4 aromatic rings. The van der Waals surface area contributed by atoms with Crippen molar-refractivity contribution < 1.29 is 81.4 Å². The molecule has 0 atom stereocenters. The minimum atomic E-state index is -1.31. The molecule has 4 aromatic carbocycles. The van der Waals surface area contributed by atoms with E-state index in [0.717, 1.165) is 18.1 Å². The Morgan fingerprint density at radius 2 is 0.574 bits per heavy atom. The van der Waals surface area contributed by atoms with E-state index in [1.165, 1.54) is 43.7 Å². The number of benzene rings is 3. The number of rotatable bonds is 7. The average Bonchev–Trinajstić information content (AvgIpc) is 3.25. The van der Waals surface area contributed by atoms with Crippen LogP contribution >= 0.6 is 7.92 Å². The Hall–Kier alpha value is 2.70. The molecular weight excluding hydrogens is 1600 g/mol. The Bertz CT molecular complexity index is 1550. The maximum atomic E-state index is 5.42.